The highest BCUT2D eigenvalue weighted by Gasteiger charge is 2.18. The van der Waals surface area contributed by atoms with Gasteiger partial charge in [0.2, 0.25) is 0 Å². The molecular weight excluding hydrogens is 780 g/mol. The van der Waals surface area contributed by atoms with Gasteiger partial charge < -0.3 is 55.3 Å². The Morgan fingerprint density at radius 1 is 0.900 bits per heavy atom. The molecule has 7 nitrogen and oxygen atoms in total. The van der Waals surface area contributed by atoms with E-state index < -0.39 is 0 Å². The number of rotatable bonds is 19. The highest BCUT2D eigenvalue weighted by atomic mass is 127. The Labute approximate surface area is 325 Å². The lowest BCUT2D eigenvalue weighted by Gasteiger charge is -2.23. The van der Waals surface area contributed by atoms with Gasteiger partial charge in [0.1, 0.15) is 5.75 Å². The van der Waals surface area contributed by atoms with E-state index in [1.165, 1.54) is 10.5 Å². The lowest BCUT2D eigenvalue weighted by molar-refractivity contribution is -0.878. The minimum absolute atomic E-state index is 0. The number of nitrogens with one attached hydrogen (secondary N) is 2. The number of anilines is 3. The summed E-state index contributed by atoms with van der Waals surface area (Å²) < 4.78 is 5.70. The summed E-state index contributed by atoms with van der Waals surface area (Å²) in [6.07, 6.45) is 2.04. The number of quaternary nitrogens is 1. The maximum Gasteiger partial charge on any atom is 0.258 e. The van der Waals surface area contributed by atoms with Gasteiger partial charge in [-0.15, -0.1) is 23.2 Å². The molecule has 2 unspecified atom stereocenters. The monoisotopic (exact) mass is 829 g/mol. The molecule has 4 rings (SSSR count). The molecule has 4 aromatic rings. The summed E-state index contributed by atoms with van der Waals surface area (Å²) in [6, 6.07) is 30.1. The van der Waals surface area contributed by atoms with Crippen LogP contribution in [0, 0.1) is 0 Å². The normalized spacial score (nSPS) is 12.0. The smallest absolute Gasteiger partial charge is 0.258 e. The molecule has 0 aromatic heterocycles. The van der Waals surface area contributed by atoms with Crippen molar-refractivity contribution in [1.82, 2.24) is 5.32 Å². The molecule has 2 atom stereocenters. The van der Waals surface area contributed by atoms with Crippen molar-refractivity contribution in [3.63, 3.8) is 0 Å². The van der Waals surface area contributed by atoms with E-state index in [2.05, 4.69) is 61.1 Å². The minimum atomic E-state index is -0.136. The third kappa shape index (κ3) is 12.1. The Morgan fingerprint density at radius 2 is 1.54 bits per heavy atom. The van der Waals surface area contributed by atoms with Gasteiger partial charge in [0.05, 0.1) is 26.7 Å². The molecule has 0 saturated heterocycles. The molecule has 0 bridgehead atoms. The van der Waals surface area contributed by atoms with Crippen LogP contribution in [0.4, 0.5) is 17.1 Å². The second-order valence-corrected chi connectivity index (χ2v) is 13.3. The van der Waals surface area contributed by atoms with Crippen molar-refractivity contribution in [3.8, 4) is 16.9 Å². The van der Waals surface area contributed by atoms with Gasteiger partial charge in [-0.2, -0.15) is 0 Å². The predicted molar refractivity (Wildman–Crippen MR) is 208 cm³/mol. The zero-order chi connectivity index (χ0) is 35.2. The number of likely N-dealkylation sites (N-methyl/N-ethyl adjacent to an activating group) is 1. The van der Waals surface area contributed by atoms with Crippen molar-refractivity contribution in [3.05, 3.63) is 114 Å². The Bertz CT molecular complexity index is 1650. The fourth-order valence-corrected chi connectivity index (χ4v) is 6.42. The van der Waals surface area contributed by atoms with Crippen molar-refractivity contribution >= 4 is 51.7 Å². The zero-order valence-electron chi connectivity index (χ0n) is 29.1. The van der Waals surface area contributed by atoms with Crippen LogP contribution in [0.3, 0.4) is 0 Å². The maximum absolute atomic E-state index is 12.4. The van der Waals surface area contributed by atoms with E-state index in [-0.39, 0.29) is 42.4 Å². The van der Waals surface area contributed by atoms with E-state index in [9.17, 15) is 4.79 Å². The quantitative estimate of drug-likeness (QED) is 0.0661. The minimum Gasteiger partial charge on any atom is -1.00 e. The van der Waals surface area contributed by atoms with Crippen molar-refractivity contribution in [1.29, 1.82) is 0 Å². The van der Waals surface area contributed by atoms with Gasteiger partial charge in [0.25, 0.3) is 5.91 Å². The predicted octanol–water partition coefficient (Wildman–Crippen LogP) is 3.46. The summed E-state index contributed by atoms with van der Waals surface area (Å²) in [7, 11) is 2.16. The Balaban J connectivity index is 0.00000676. The number of ether oxygens (including phenoxy) is 1. The standard InChI is InChI=1S/C40H49Cl2N5O2.HI/c1-29(38-26-32(43)11-17-36(38)37-18-12-33(44)27-39(37)30(2)31-9-5-4-6-10-31)8-7-22-46(3)25-21-45-40(48)28-49-35-15-13-34(14-16-35)47(23-19-41)24-20-42;/h4-6,9-18,26-27,29H,2,7-8,19-25,28,43-44H2,1,3H3,(H,45,48);1H. The number of nitrogen functional groups attached to an aromatic ring is 2. The number of hydrogen-bond donors (Lipinski definition) is 4. The number of nitrogens with zero attached hydrogens (tertiary/aromatic N) is 1. The Morgan fingerprint density at radius 3 is 2.20 bits per heavy atom. The molecule has 1 amide bonds. The Hall–Kier alpha value is -3.44. The summed E-state index contributed by atoms with van der Waals surface area (Å²) in [6.45, 7) is 10.5. The van der Waals surface area contributed by atoms with Crippen LogP contribution in [0.5, 0.6) is 5.75 Å². The highest BCUT2D eigenvalue weighted by molar-refractivity contribution is 6.18. The van der Waals surface area contributed by atoms with Crippen LogP contribution in [0.25, 0.3) is 16.7 Å². The average Bonchev–Trinajstić information content (AvgIpc) is 3.11. The highest BCUT2D eigenvalue weighted by Crippen LogP contribution is 2.39. The number of halogens is 3. The molecule has 0 radical (unpaired) electrons. The van der Waals surface area contributed by atoms with E-state index in [0.717, 1.165) is 65.1 Å². The van der Waals surface area contributed by atoms with Crippen molar-refractivity contribution in [2.45, 2.75) is 25.7 Å². The Kier molecular flexibility index (Phi) is 17.3. The molecule has 0 heterocycles. The van der Waals surface area contributed by atoms with Crippen LogP contribution in [-0.2, 0) is 4.79 Å². The first-order valence-corrected chi connectivity index (χ1v) is 18.0. The van der Waals surface area contributed by atoms with Crippen LogP contribution >= 0.6 is 23.2 Å². The topological polar surface area (TPSA) is 98.0 Å². The SMILES string of the molecule is C=C(c1ccccc1)c1cc(N)ccc1-c1ccc(N)cc1C(C)CCC[NH+](C)CCNC(=O)COc1ccc(N(CCCl)CCCl)cc1.[I-]. The van der Waals surface area contributed by atoms with Gasteiger partial charge in [0, 0.05) is 41.9 Å². The molecular formula is C40H50Cl2IN5O2. The maximum atomic E-state index is 12.4. The third-order valence-electron chi connectivity index (χ3n) is 8.78. The lowest BCUT2D eigenvalue weighted by atomic mass is 9.84. The van der Waals surface area contributed by atoms with E-state index >= 15 is 0 Å². The molecule has 268 valence electrons. The van der Waals surface area contributed by atoms with Gasteiger partial charge >= 0.3 is 0 Å². The molecule has 0 aliphatic rings. The number of carbonyl (C=O) groups excluding carboxylic acids is 1. The molecule has 0 aliphatic heterocycles. The number of hydrogen-bond acceptors (Lipinski definition) is 5. The number of benzene rings is 4. The second-order valence-electron chi connectivity index (χ2n) is 12.5. The van der Waals surface area contributed by atoms with Gasteiger partial charge in [-0.25, -0.2) is 0 Å². The van der Waals surface area contributed by atoms with E-state index in [4.69, 9.17) is 39.4 Å². The molecule has 6 N–H and O–H groups in total. The number of nitrogens with two attached hydrogens (primary N) is 2. The van der Waals surface area contributed by atoms with Crippen molar-refractivity contribution < 1.29 is 38.4 Å². The van der Waals surface area contributed by atoms with Gasteiger partial charge in [-0.05, 0) is 101 Å². The first-order valence-electron chi connectivity index (χ1n) is 16.9. The van der Waals surface area contributed by atoms with Crippen LogP contribution < -0.4 is 55.3 Å². The summed E-state index contributed by atoms with van der Waals surface area (Å²) in [5.41, 5.74) is 21.5. The number of amides is 1. The molecule has 0 aliphatic carbocycles. The van der Waals surface area contributed by atoms with E-state index in [1.54, 1.807) is 0 Å². The fraction of sp³-hybridized carbons (Fsp3) is 0.325. The molecule has 0 fully saturated rings. The van der Waals surface area contributed by atoms with Gasteiger partial charge in [0.15, 0.2) is 6.61 Å². The average molecular weight is 831 g/mol. The van der Waals surface area contributed by atoms with Crippen LogP contribution in [-0.4, -0.2) is 64.0 Å². The summed E-state index contributed by atoms with van der Waals surface area (Å²) >= 11 is 11.8. The first-order chi connectivity index (χ1) is 23.7. The van der Waals surface area contributed by atoms with Crippen molar-refractivity contribution in [2.24, 2.45) is 0 Å². The molecule has 50 heavy (non-hydrogen) atoms. The summed E-state index contributed by atoms with van der Waals surface area (Å²) in [5.74, 6) is 1.84. The fourth-order valence-electron chi connectivity index (χ4n) is 6.01. The van der Waals surface area contributed by atoms with Crippen LogP contribution in [0.15, 0.2) is 97.6 Å². The van der Waals surface area contributed by atoms with Crippen LogP contribution in [0.2, 0.25) is 0 Å². The molecule has 4 aromatic carbocycles. The zero-order valence-corrected chi connectivity index (χ0v) is 32.7. The van der Waals surface area contributed by atoms with Crippen molar-refractivity contribution in [2.75, 3.05) is 74.5 Å². The number of alkyl halides is 2. The van der Waals surface area contributed by atoms with Crippen LogP contribution in [0.1, 0.15) is 42.4 Å². The molecule has 0 saturated carbocycles. The number of carbonyl (C=O) groups is 1. The largest absolute Gasteiger partial charge is 1.00 e. The lowest BCUT2D eigenvalue weighted by Crippen LogP contribution is -3.09. The molecule has 0 spiro atoms. The van der Waals surface area contributed by atoms with Gasteiger partial charge in [-0.1, -0.05) is 56.0 Å². The summed E-state index contributed by atoms with van der Waals surface area (Å²) in [4.78, 5) is 15.9. The van der Waals surface area contributed by atoms with E-state index in [1.807, 2.05) is 60.7 Å². The van der Waals surface area contributed by atoms with Gasteiger partial charge in [-0.3, -0.25) is 4.79 Å². The first kappa shape index (κ1) is 41.0. The molecule has 10 heteroatoms. The summed E-state index contributed by atoms with van der Waals surface area (Å²) in [5, 5.41) is 2.98. The van der Waals surface area contributed by atoms with E-state index in [0.29, 0.717) is 42.8 Å². The third-order valence-corrected chi connectivity index (χ3v) is 9.12. The second kappa shape index (κ2) is 21.0.